The fourth-order valence-corrected chi connectivity index (χ4v) is 2.22. The van der Waals surface area contributed by atoms with Crippen molar-refractivity contribution in [2.45, 2.75) is 65.1 Å². The van der Waals surface area contributed by atoms with Gasteiger partial charge >= 0.3 is 6.09 Å². The molecule has 1 aliphatic rings. The molecule has 0 aromatic rings. The molecule has 1 aliphatic heterocycles. The molecule has 0 aromatic carbocycles. The molecule has 2 radical (unpaired) electrons. The van der Waals surface area contributed by atoms with Gasteiger partial charge in [0.1, 0.15) is 13.4 Å². The summed E-state index contributed by atoms with van der Waals surface area (Å²) < 4.78 is 5.35. The second kappa shape index (κ2) is 5.12. The van der Waals surface area contributed by atoms with Crippen molar-refractivity contribution in [2.24, 2.45) is 5.41 Å². The Hall–Kier alpha value is -0.705. The highest BCUT2D eigenvalue weighted by atomic mass is 16.6. The number of hydrogen-bond acceptors (Lipinski definition) is 3. The smallest absolute Gasteiger partial charge is 0.410 e. The predicted octanol–water partition coefficient (Wildman–Crippen LogP) is 1.90. The van der Waals surface area contributed by atoms with Crippen LogP contribution in [-0.2, 0) is 4.74 Å². The van der Waals surface area contributed by atoms with E-state index < -0.39 is 17.7 Å². The van der Waals surface area contributed by atoms with Gasteiger partial charge in [-0.25, -0.2) is 4.79 Å². The zero-order chi connectivity index (χ0) is 14.1. The molecule has 102 valence electrons. The van der Waals surface area contributed by atoms with Crippen molar-refractivity contribution in [3.63, 3.8) is 0 Å². The van der Waals surface area contributed by atoms with Crippen molar-refractivity contribution in [3.8, 4) is 0 Å². The minimum atomic E-state index is -1.03. The third-order valence-corrected chi connectivity index (χ3v) is 3.21. The van der Waals surface area contributed by atoms with Gasteiger partial charge in [-0.1, -0.05) is 13.8 Å². The Balaban J connectivity index is 2.77. The van der Waals surface area contributed by atoms with Crippen LogP contribution < -0.4 is 0 Å². The van der Waals surface area contributed by atoms with E-state index in [9.17, 15) is 9.90 Å². The molecule has 1 N–H and O–H groups in total. The van der Waals surface area contributed by atoms with Crippen LogP contribution in [0.1, 0.15) is 47.5 Å². The summed E-state index contributed by atoms with van der Waals surface area (Å²) in [6, 6.07) is -1.40. The van der Waals surface area contributed by atoms with Gasteiger partial charge in [0.05, 0.1) is 6.04 Å². The van der Waals surface area contributed by atoms with E-state index in [0.29, 0.717) is 13.0 Å². The average molecular weight is 253 g/mol. The van der Waals surface area contributed by atoms with Crippen molar-refractivity contribution in [3.05, 3.63) is 0 Å². The van der Waals surface area contributed by atoms with E-state index in [4.69, 9.17) is 12.6 Å². The largest absolute Gasteiger partial charge is 0.444 e. The number of amides is 1. The maximum absolute atomic E-state index is 12.1. The fraction of sp³-hybridized carbons (Fsp3) is 0.923. The van der Waals surface area contributed by atoms with Crippen LogP contribution in [0.25, 0.3) is 0 Å². The van der Waals surface area contributed by atoms with Crippen LogP contribution in [0.3, 0.4) is 0 Å². The first-order valence-corrected chi connectivity index (χ1v) is 6.45. The zero-order valence-electron chi connectivity index (χ0n) is 12.1. The van der Waals surface area contributed by atoms with Gasteiger partial charge in [-0.15, -0.1) is 0 Å². The summed E-state index contributed by atoms with van der Waals surface area (Å²) in [7, 11) is 5.59. The standard InChI is InChI=1S/C13H24BNO3/c1-12(2,3)18-11(17)15-7-6-13(4,5)8-9(15)10(14)16/h9-10,16H,6-8H2,1-5H3/t9-,10+/m0/s1. The van der Waals surface area contributed by atoms with Crippen molar-refractivity contribution in [2.75, 3.05) is 6.54 Å². The van der Waals surface area contributed by atoms with Crippen LogP contribution in [0, 0.1) is 5.41 Å². The Morgan fingerprint density at radius 2 is 2.06 bits per heavy atom. The van der Waals surface area contributed by atoms with Crippen LogP contribution in [0.15, 0.2) is 0 Å². The molecule has 0 aliphatic carbocycles. The quantitative estimate of drug-likeness (QED) is 0.726. The van der Waals surface area contributed by atoms with Crippen molar-refractivity contribution in [1.29, 1.82) is 0 Å². The normalized spacial score (nSPS) is 25.7. The predicted molar refractivity (Wildman–Crippen MR) is 71.5 cm³/mol. The number of nitrogens with zero attached hydrogens (tertiary/aromatic N) is 1. The van der Waals surface area contributed by atoms with Crippen LogP contribution in [0.4, 0.5) is 4.79 Å². The summed E-state index contributed by atoms with van der Waals surface area (Å²) in [6.45, 7) is 10.3. The summed E-state index contributed by atoms with van der Waals surface area (Å²) in [5.41, 5.74) is -0.447. The highest BCUT2D eigenvalue weighted by Crippen LogP contribution is 2.35. The van der Waals surface area contributed by atoms with Crippen molar-refractivity contribution < 1.29 is 14.6 Å². The van der Waals surface area contributed by atoms with Gasteiger partial charge in [0.15, 0.2) is 0 Å². The first-order valence-electron chi connectivity index (χ1n) is 6.45. The van der Waals surface area contributed by atoms with E-state index in [0.717, 1.165) is 6.42 Å². The molecule has 0 spiro atoms. The molecule has 4 nitrogen and oxygen atoms in total. The third-order valence-electron chi connectivity index (χ3n) is 3.21. The summed E-state index contributed by atoms with van der Waals surface area (Å²) in [6.07, 6.45) is 1.17. The first kappa shape index (κ1) is 15.4. The number of rotatable bonds is 1. The lowest BCUT2D eigenvalue weighted by atomic mass is 9.74. The van der Waals surface area contributed by atoms with Gasteiger partial charge in [0.2, 0.25) is 0 Å². The molecular formula is C13H24BNO3. The van der Waals surface area contributed by atoms with Crippen LogP contribution in [0.5, 0.6) is 0 Å². The van der Waals surface area contributed by atoms with Gasteiger partial charge in [0, 0.05) is 12.5 Å². The topological polar surface area (TPSA) is 49.8 Å². The molecule has 1 amide bonds. The Morgan fingerprint density at radius 1 is 1.50 bits per heavy atom. The Morgan fingerprint density at radius 3 is 2.50 bits per heavy atom. The average Bonchev–Trinajstić information content (AvgIpc) is 2.12. The first-order chi connectivity index (χ1) is 8.02. The van der Waals surface area contributed by atoms with Crippen LogP contribution in [0.2, 0.25) is 0 Å². The number of aliphatic hydroxyl groups excluding tert-OH is 1. The summed E-state index contributed by atoms with van der Waals surface area (Å²) >= 11 is 0. The number of carbonyl (C=O) groups excluding carboxylic acids is 1. The molecule has 0 unspecified atom stereocenters. The van der Waals surface area contributed by atoms with E-state index >= 15 is 0 Å². The second-order valence-corrected chi connectivity index (χ2v) is 6.85. The summed E-state index contributed by atoms with van der Waals surface area (Å²) in [4.78, 5) is 13.6. The lowest BCUT2D eigenvalue weighted by molar-refractivity contribution is -0.0203. The minimum absolute atomic E-state index is 0.0868. The molecule has 0 saturated carbocycles. The molecule has 2 atom stereocenters. The van der Waals surface area contributed by atoms with Crippen LogP contribution in [-0.4, -0.2) is 48.1 Å². The Kier molecular flexibility index (Phi) is 4.36. The number of piperidine rings is 1. The number of aliphatic hydroxyl groups is 1. The molecule has 5 heteroatoms. The van der Waals surface area contributed by atoms with Crippen LogP contribution >= 0.6 is 0 Å². The number of carbonyl (C=O) groups is 1. The molecule has 0 aromatic heterocycles. The SMILES string of the molecule is [B][C@H](O)[C@@H]1CC(C)(C)CCN1C(=O)OC(C)(C)C. The molecule has 0 bridgehead atoms. The lowest BCUT2D eigenvalue weighted by Gasteiger charge is -2.45. The molecule has 1 saturated heterocycles. The van der Waals surface area contributed by atoms with Gasteiger partial charge in [-0.3, -0.25) is 0 Å². The monoisotopic (exact) mass is 253 g/mol. The van der Waals surface area contributed by atoms with E-state index in [1.165, 1.54) is 0 Å². The second-order valence-electron chi connectivity index (χ2n) is 6.85. The van der Waals surface area contributed by atoms with E-state index in [-0.39, 0.29) is 11.5 Å². The van der Waals surface area contributed by atoms with E-state index in [2.05, 4.69) is 13.8 Å². The molecule has 1 heterocycles. The number of hydrogen-bond donors (Lipinski definition) is 1. The summed E-state index contributed by atoms with van der Waals surface area (Å²) in [5, 5.41) is 9.66. The Bertz CT molecular complexity index is 310. The van der Waals surface area contributed by atoms with E-state index in [1.807, 2.05) is 20.8 Å². The molecule has 1 fully saturated rings. The highest BCUT2D eigenvalue weighted by Gasteiger charge is 2.39. The third kappa shape index (κ3) is 4.20. The molecular weight excluding hydrogens is 229 g/mol. The van der Waals surface area contributed by atoms with Crippen molar-refractivity contribution >= 4 is 13.9 Å². The number of ether oxygens (including phenoxy) is 1. The van der Waals surface area contributed by atoms with Gasteiger partial charge in [-0.05, 0) is 39.0 Å². The minimum Gasteiger partial charge on any atom is -0.444 e. The fourth-order valence-electron chi connectivity index (χ4n) is 2.22. The van der Waals surface area contributed by atoms with Gasteiger partial charge in [0.25, 0.3) is 0 Å². The zero-order valence-corrected chi connectivity index (χ0v) is 12.1. The maximum atomic E-state index is 12.1. The number of likely N-dealkylation sites (tertiary alicyclic amines) is 1. The highest BCUT2D eigenvalue weighted by molar-refractivity contribution is 6.11. The maximum Gasteiger partial charge on any atom is 0.410 e. The van der Waals surface area contributed by atoms with Gasteiger partial charge < -0.3 is 14.7 Å². The summed E-state index contributed by atoms with van der Waals surface area (Å²) in [5.74, 6) is 0. The van der Waals surface area contributed by atoms with E-state index in [1.54, 1.807) is 4.90 Å². The molecule has 1 rings (SSSR count). The Labute approximate surface area is 111 Å². The molecule has 18 heavy (non-hydrogen) atoms. The van der Waals surface area contributed by atoms with Crippen molar-refractivity contribution in [1.82, 2.24) is 4.90 Å². The lowest BCUT2D eigenvalue weighted by Crippen LogP contribution is -2.54. The van der Waals surface area contributed by atoms with Gasteiger partial charge in [-0.2, -0.15) is 0 Å².